The van der Waals surface area contributed by atoms with Crippen molar-refractivity contribution >= 4 is 39.8 Å². The van der Waals surface area contributed by atoms with Crippen molar-refractivity contribution in [2.24, 2.45) is 0 Å². The summed E-state index contributed by atoms with van der Waals surface area (Å²) in [6.45, 7) is 8.58. The Morgan fingerprint density at radius 2 is 1.36 bits per heavy atom. The molecular weight excluding hydrogens is 215 g/mol. The van der Waals surface area contributed by atoms with E-state index in [2.05, 4.69) is 26.2 Å². The maximum absolute atomic E-state index is 5.94. The molecule has 0 aliphatic carbocycles. The van der Waals surface area contributed by atoms with Crippen LogP contribution >= 0.6 is 23.2 Å². The molecule has 5 heteroatoms. The van der Waals surface area contributed by atoms with Crippen molar-refractivity contribution in [1.82, 2.24) is 0 Å². The summed E-state index contributed by atoms with van der Waals surface area (Å²) >= 11 is 11.6. The van der Waals surface area contributed by atoms with Gasteiger partial charge in [-0.1, -0.05) is 0 Å². The Hall–Kier alpha value is 0.974. The lowest BCUT2D eigenvalue weighted by molar-refractivity contribution is 0.555. The predicted octanol–water partition coefficient (Wildman–Crippen LogP) is 2.97. The highest BCUT2D eigenvalue weighted by Crippen LogP contribution is 2.16. The number of halogens is 2. The van der Waals surface area contributed by atoms with Crippen LogP contribution in [0.1, 0.15) is 0 Å². The molecule has 0 fully saturated rings. The second kappa shape index (κ2) is 4.28. The number of hydrogen-bond donors (Lipinski definition) is 0. The largest absolute Gasteiger partial charge is 0.454 e. The molecule has 68 valence electrons. The molecule has 0 amide bonds. The molecule has 0 heterocycles. The second-order valence-electron chi connectivity index (χ2n) is 3.93. The normalized spacial score (nSPS) is 13.6. The zero-order valence-corrected chi connectivity index (χ0v) is 11.1. The molecular formula is C6H16Cl2OSi2. The van der Waals surface area contributed by atoms with E-state index in [1.54, 1.807) is 0 Å². The maximum Gasteiger partial charge on any atom is 0.206 e. The molecule has 0 aliphatic heterocycles. The van der Waals surface area contributed by atoms with Crippen molar-refractivity contribution in [2.45, 2.75) is 26.2 Å². The molecule has 0 bridgehead atoms. The molecule has 0 aromatic rings. The molecule has 0 aromatic carbocycles. The fourth-order valence-corrected chi connectivity index (χ4v) is 9.09. The van der Waals surface area contributed by atoms with Gasteiger partial charge in [-0.2, -0.15) is 0 Å². The van der Waals surface area contributed by atoms with Gasteiger partial charge in [0.1, 0.15) is 0 Å². The zero-order valence-electron chi connectivity index (χ0n) is 7.58. The highest BCUT2D eigenvalue weighted by molar-refractivity contribution is 6.91. The third-order valence-corrected chi connectivity index (χ3v) is 10.1. The van der Waals surface area contributed by atoms with Gasteiger partial charge >= 0.3 is 0 Å². The Morgan fingerprint density at radius 3 is 1.45 bits per heavy atom. The van der Waals surface area contributed by atoms with Crippen LogP contribution < -0.4 is 0 Å². The highest BCUT2D eigenvalue weighted by Gasteiger charge is 2.32. The number of hydrogen-bond acceptors (Lipinski definition) is 1. The topological polar surface area (TPSA) is 9.23 Å². The Bertz CT molecular complexity index is 120. The van der Waals surface area contributed by atoms with Gasteiger partial charge in [-0.15, -0.1) is 23.2 Å². The Balaban J connectivity index is 4.08. The summed E-state index contributed by atoms with van der Waals surface area (Å²) in [5.41, 5.74) is 1.20. The monoisotopic (exact) mass is 230 g/mol. The fraction of sp³-hybridized carbons (Fsp3) is 1.00. The van der Waals surface area contributed by atoms with Crippen LogP contribution in [-0.2, 0) is 4.12 Å². The molecule has 0 saturated heterocycles. The second-order valence-corrected chi connectivity index (χ2v) is 14.0. The van der Waals surface area contributed by atoms with Gasteiger partial charge in [0, 0.05) is 11.0 Å². The van der Waals surface area contributed by atoms with Gasteiger partial charge in [-0.3, -0.25) is 0 Å². The van der Waals surface area contributed by atoms with Gasteiger partial charge in [0.15, 0.2) is 8.32 Å². The van der Waals surface area contributed by atoms with Crippen LogP contribution in [0.2, 0.25) is 26.2 Å². The van der Waals surface area contributed by atoms with Crippen molar-refractivity contribution in [3.63, 3.8) is 0 Å². The molecule has 0 spiro atoms. The van der Waals surface area contributed by atoms with E-state index in [1.165, 1.54) is 0 Å². The van der Waals surface area contributed by atoms with Crippen LogP contribution in [0.15, 0.2) is 0 Å². The first-order chi connectivity index (χ1) is 4.83. The molecule has 0 saturated carbocycles. The van der Waals surface area contributed by atoms with Crippen LogP contribution in [0.25, 0.3) is 0 Å². The van der Waals surface area contributed by atoms with Gasteiger partial charge in [-0.25, -0.2) is 0 Å². The summed E-state index contributed by atoms with van der Waals surface area (Å²) in [5.74, 6) is 0. The van der Waals surface area contributed by atoms with Gasteiger partial charge in [0.2, 0.25) is 8.32 Å². The van der Waals surface area contributed by atoms with Gasteiger partial charge in [0.05, 0.1) is 0 Å². The van der Waals surface area contributed by atoms with E-state index in [1.807, 2.05) is 0 Å². The minimum Gasteiger partial charge on any atom is -0.454 e. The SMILES string of the molecule is C[Si](C)(C)O[Si](C)(CCl)CCl. The smallest absolute Gasteiger partial charge is 0.206 e. The van der Waals surface area contributed by atoms with Crippen LogP contribution in [-0.4, -0.2) is 27.6 Å². The van der Waals surface area contributed by atoms with Crippen LogP contribution in [0.4, 0.5) is 0 Å². The van der Waals surface area contributed by atoms with E-state index in [9.17, 15) is 0 Å². The van der Waals surface area contributed by atoms with Crippen molar-refractivity contribution in [1.29, 1.82) is 0 Å². The molecule has 0 rings (SSSR count). The van der Waals surface area contributed by atoms with E-state index in [4.69, 9.17) is 27.3 Å². The third-order valence-electron chi connectivity index (χ3n) is 1.12. The molecule has 0 N–H and O–H groups in total. The van der Waals surface area contributed by atoms with E-state index in [0.717, 1.165) is 0 Å². The standard InChI is InChI=1S/C6H16Cl2OSi2/c1-10(2,3)9-11(4,5-7)6-8/h5-6H2,1-4H3. The van der Waals surface area contributed by atoms with Gasteiger partial charge in [0.25, 0.3) is 0 Å². The molecule has 1 nitrogen and oxygen atoms in total. The lowest BCUT2D eigenvalue weighted by Crippen LogP contribution is -2.48. The lowest BCUT2D eigenvalue weighted by atomic mass is 11.8. The average molecular weight is 231 g/mol. The summed E-state index contributed by atoms with van der Waals surface area (Å²) in [4.78, 5) is 0. The van der Waals surface area contributed by atoms with Crippen molar-refractivity contribution < 1.29 is 4.12 Å². The molecule has 0 atom stereocenters. The van der Waals surface area contributed by atoms with E-state index >= 15 is 0 Å². The molecule has 0 aromatic heterocycles. The fourth-order valence-electron chi connectivity index (χ4n) is 0.829. The van der Waals surface area contributed by atoms with Gasteiger partial charge < -0.3 is 4.12 Å². The van der Waals surface area contributed by atoms with Crippen LogP contribution in [0.3, 0.4) is 0 Å². The molecule has 0 aliphatic rings. The van der Waals surface area contributed by atoms with Crippen LogP contribution in [0.5, 0.6) is 0 Å². The molecule has 0 unspecified atom stereocenters. The van der Waals surface area contributed by atoms with Crippen molar-refractivity contribution in [3.05, 3.63) is 0 Å². The lowest BCUT2D eigenvalue weighted by Gasteiger charge is -2.31. The first-order valence-electron chi connectivity index (χ1n) is 3.65. The summed E-state index contributed by atoms with van der Waals surface area (Å²) < 4.78 is 5.94. The Kier molecular flexibility index (Phi) is 4.66. The van der Waals surface area contributed by atoms with Crippen molar-refractivity contribution in [3.8, 4) is 0 Å². The summed E-state index contributed by atoms with van der Waals surface area (Å²) in [7, 11) is -3.18. The van der Waals surface area contributed by atoms with Gasteiger partial charge in [-0.05, 0) is 26.2 Å². The predicted molar refractivity (Wildman–Crippen MR) is 57.5 cm³/mol. The summed E-state index contributed by atoms with van der Waals surface area (Å²) in [6.07, 6.45) is 0. The first kappa shape index (κ1) is 12.0. The third kappa shape index (κ3) is 5.25. The Labute approximate surface area is 81.3 Å². The van der Waals surface area contributed by atoms with E-state index in [-0.39, 0.29) is 0 Å². The minimum atomic E-state index is -1.74. The van der Waals surface area contributed by atoms with E-state index in [0.29, 0.717) is 11.0 Å². The molecule has 11 heavy (non-hydrogen) atoms. The van der Waals surface area contributed by atoms with E-state index < -0.39 is 16.6 Å². The highest BCUT2D eigenvalue weighted by atomic mass is 35.5. The zero-order chi connectivity index (χ0) is 9.12. The number of rotatable bonds is 4. The first-order valence-corrected chi connectivity index (χ1v) is 10.9. The minimum absolute atomic E-state index is 0.598. The summed E-state index contributed by atoms with van der Waals surface area (Å²) in [6, 6.07) is 0. The quantitative estimate of drug-likeness (QED) is 0.534. The average Bonchev–Trinajstić information content (AvgIpc) is 1.84. The Morgan fingerprint density at radius 1 is 1.00 bits per heavy atom. The van der Waals surface area contributed by atoms with Crippen molar-refractivity contribution in [2.75, 3.05) is 11.0 Å². The maximum atomic E-state index is 5.94. The summed E-state index contributed by atoms with van der Waals surface area (Å²) in [5, 5.41) is 0. The van der Waals surface area contributed by atoms with Crippen LogP contribution in [0, 0.1) is 0 Å². The molecule has 0 radical (unpaired) electrons. The number of alkyl halides is 2.